The van der Waals surface area contributed by atoms with Gasteiger partial charge in [0, 0.05) is 26.3 Å². The van der Waals surface area contributed by atoms with Gasteiger partial charge < -0.3 is 0 Å². The summed E-state index contributed by atoms with van der Waals surface area (Å²) in [6, 6.07) is 1.99. The zero-order valence-corrected chi connectivity index (χ0v) is 11.1. The molecule has 92 valence electrons. The third-order valence-corrected chi connectivity index (χ3v) is 4.35. The molecule has 1 aromatic heterocycles. The molecule has 1 rings (SSSR count). The van der Waals surface area contributed by atoms with E-state index in [4.69, 9.17) is 0 Å². The van der Waals surface area contributed by atoms with Crippen molar-refractivity contribution in [3.05, 3.63) is 17.5 Å². The van der Waals surface area contributed by atoms with Gasteiger partial charge >= 0.3 is 0 Å². The van der Waals surface area contributed by atoms with Crippen molar-refractivity contribution in [2.75, 3.05) is 19.8 Å². The van der Waals surface area contributed by atoms with Crippen LogP contribution in [0, 0.1) is 13.8 Å². The van der Waals surface area contributed by atoms with Crippen molar-refractivity contribution < 1.29 is 8.42 Å². The second-order valence-electron chi connectivity index (χ2n) is 4.10. The van der Waals surface area contributed by atoms with E-state index in [1.165, 1.54) is 4.31 Å². The normalized spacial score (nSPS) is 12.3. The van der Waals surface area contributed by atoms with Crippen LogP contribution in [0.15, 0.2) is 6.07 Å². The fourth-order valence-corrected chi connectivity index (χ4v) is 2.34. The molecule has 0 N–H and O–H groups in total. The standard InChI is InChI=1S/C10H19N3O2S/c1-9-8-10(2)13(11-9)6-5-7-16(14,15)12(3)4/h8H,5-7H2,1-4H3. The average molecular weight is 245 g/mol. The van der Waals surface area contributed by atoms with Gasteiger partial charge in [-0.2, -0.15) is 5.10 Å². The van der Waals surface area contributed by atoms with Crippen LogP contribution in [0.4, 0.5) is 0 Å². The van der Waals surface area contributed by atoms with Crippen LogP contribution in [0.25, 0.3) is 0 Å². The first-order chi connectivity index (χ1) is 7.33. The second kappa shape index (κ2) is 4.97. The zero-order chi connectivity index (χ0) is 12.3. The number of hydrogen-bond acceptors (Lipinski definition) is 3. The van der Waals surface area contributed by atoms with Gasteiger partial charge in [-0.05, 0) is 26.3 Å². The first-order valence-electron chi connectivity index (χ1n) is 5.24. The highest BCUT2D eigenvalue weighted by molar-refractivity contribution is 7.89. The topological polar surface area (TPSA) is 55.2 Å². The van der Waals surface area contributed by atoms with Crippen LogP contribution >= 0.6 is 0 Å². The van der Waals surface area contributed by atoms with Crippen LogP contribution in [-0.4, -0.2) is 42.4 Å². The van der Waals surface area contributed by atoms with Crippen LogP contribution in [-0.2, 0) is 16.6 Å². The fourth-order valence-electron chi connectivity index (χ4n) is 1.48. The van der Waals surface area contributed by atoms with Gasteiger partial charge in [0.15, 0.2) is 0 Å². The molecule has 0 bridgehead atoms. The molecule has 16 heavy (non-hydrogen) atoms. The number of rotatable bonds is 5. The summed E-state index contributed by atoms with van der Waals surface area (Å²) in [5.41, 5.74) is 2.03. The molecule has 0 amide bonds. The molecule has 1 aromatic rings. The molecule has 0 saturated carbocycles. The van der Waals surface area contributed by atoms with E-state index in [-0.39, 0.29) is 5.75 Å². The number of aromatic nitrogens is 2. The smallest absolute Gasteiger partial charge is 0.213 e. The highest BCUT2D eigenvalue weighted by Gasteiger charge is 2.13. The number of hydrogen-bond donors (Lipinski definition) is 0. The largest absolute Gasteiger partial charge is 0.270 e. The van der Waals surface area contributed by atoms with E-state index in [1.807, 2.05) is 24.6 Å². The Hall–Kier alpha value is -0.880. The van der Waals surface area contributed by atoms with Crippen LogP contribution in [0.3, 0.4) is 0 Å². The summed E-state index contributed by atoms with van der Waals surface area (Å²) >= 11 is 0. The molecule has 0 radical (unpaired) electrons. The molecule has 0 atom stereocenters. The first-order valence-corrected chi connectivity index (χ1v) is 6.85. The summed E-state index contributed by atoms with van der Waals surface area (Å²) in [4.78, 5) is 0. The Bertz CT molecular complexity index is 449. The summed E-state index contributed by atoms with van der Waals surface area (Å²) < 4.78 is 26.1. The van der Waals surface area contributed by atoms with Crippen LogP contribution in [0.2, 0.25) is 0 Å². The van der Waals surface area contributed by atoms with Gasteiger partial charge in [0.1, 0.15) is 0 Å². The van der Waals surface area contributed by atoms with Crippen molar-refractivity contribution in [1.29, 1.82) is 0 Å². The summed E-state index contributed by atoms with van der Waals surface area (Å²) in [6.07, 6.45) is 0.586. The zero-order valence-electron chi connectivity index (χ0n) is 10.3. The lowest BCUT2D eigenvalue weighted by molar-refractivity contribution is 0.510. The Morgan fingerprint density at radius 2 is 2.00 bits per heavy atom. The molecule has 0 unspecified atom stereocenters. The summed E-state index contributed by atoms with van der Waals surface area (Å²) in [7, 11) is 0.0262. The predicted molar refractivity (Wildman–Crippen MR) is 63.8 cm³/mol. The predicted octanol–water partition coefficient (Wildman–Crippen LogP) is 0.781. The Kier molecular flexibility index (Phi) is 4.09. The SMILES string of the molecule is Cc1cc(C)n(CCCS(=O)(=O)N(C)C)n1. The molecule has 0 saturated heterocycles. The Morgan fingerprint density at radius 1 is 1.38 bits per heavy atom. The molecule has 1 heterocycles. The number of sulfonamides is 1. The monoisotopic (exact) mass is 245 g/mol. The number of aryl methyl sites for hydroxylation is 3. The molecular weight excluding hydrogens is 226 g/mol. The van der Waals surface area contributed by atoms with Gasteiger partial charge in [-0.1, -0.05) is 0 Å². The second-order valence-corrected chi connectivity index (χ2v) is 6.40. The summed E-state index contributed by atoms with van der Waals surface area (Å²) in [6.45, 7) is 4.55. The quantitative estimate of drug-likeness (QED) is 0.770. The van der Waals surface area contributed by atoms with Gasteiger partial charge in [0.05, 0.1) is 11.4 Å². The van der Waals surface area contributed by atoms with Crippen LogP contribution in [0.5, 0.6) is 0 Å². The number of nitrogens with zero attached hydrogens (tertiary/aromatic N) is 3. The van der Waals surface area contributed by atoms with E-state index in [0.717, 1.165) is 11.4 Å². The maximum Gasteiger partial charge on any atom is 0.213 e. The molecule has 6 heteroatoms. The van der Waals surface area contributed by atoms with E-state index in [0.29, 0.717) is 13.0 Å². The average Bonchev–Trinajstić information content (AvgIpc) is 2.44. The Morgan fingerprint density at radius 3 is 2.44 bits per heavy atom. The third kappa shape index (κ3) is 3.31. The first kappa shape index (κ1) is 13.2. The van der Waals surface area contributed by atoms with E-state index < -0.39 is 10.0 Å². The van der Waals surface area contributed by atoms with Gasteiger partial charge in [-0.3, -0.25) is 4.68 Å². The lowest BCUT2D eigenvalue weighted by Crippen LogP contribution is -2.25. The molecular formula is C10H19N3O2S. The van der Waals surface area contributed by atoms with Crippen LogP contribution < -0.4 is 0 Å². The molecule has 5 nitrogen and oxygen atoms in total. The molecule has 0 aliphatic carbocycles. The van der Waals surface area contributed by atoms with Gasteiger partial charge in [0.2, 0.25) is 10.0 Å². The maximum absolute atomic E-state index is 11.5. The third-order valence-electron chi connectivity index (χ3n) is 2.43. The summed E-state index contributed by atoms with van der Waals surface area (Å²) in [5, 5.41) is 4.28. The lowest BCUT2D eigenvalue weighted by atomic mass is 10.4. The summed E-state index contributed by atoms with van der Waals surface area (Å²) in [5.74, 6) is 0.165. The van der Waals surface area contributed by atoms with E-state index >= 15 is 0 Å². The van der Waals surface area contributed by atoms with Crippen molar-refractivity contribution in [3.8, 4) is 0 Å². The maximum atomic E-state index is 11.5. The van der Waals surface area contributed by atoms with Crippen molar-refractivity contribution in [1.82, 2.24) is 14.1 Å². The van der Waals surface area contributed by atoms with Gasteiger partial charge in [-0.25, -0.2) is 12.7 Å². The fraction of sp³-hybridized carbons (Fsp3) is 0.700. The van der Waals surface area contributed by atoms with Crippen molar-refractivity contribution in [2.45, 2.75) is 26.8 Å². The van der Waals surface area contributed by atoms with Gasteiger partial charge in [-0.15, -0.1) is 0 Å². The van der Waals surface area contributed by atoms with E-state index in [9.17, 15) is 8.42 Å². The Balaban J connectivity index is 2.51. The highest BCUT2D eigenvalue weighted by atomic mass is 32.2. The highest BCUT2D eigenvalue weighted by Crippen LogP contribution is 2.04. The Labute approximate surface area is 97.1 Å². The van der Waals surface area contributed by atoms with Crippen molar-refractivity contribution in [3.63, 3.8) is 0 Å². The molecule has 0 aromatic carbocycles. The van der Waals surface area contributed by atoms with Crippen molar-refractivity contribution >= 4 is 10.0 Å². The van der Waals surface area contributed by atoms with Crippen LogP contribution in [0.1, 0.15) is 17.8 Å². The molecule has 0 aliphatic rings. The molecule has 0 spiro atoms. The molecule has 0 aliphatic heterocycles. The lowest BCUT2D eigenvalue weighted by Gasteiger charge is -2.11. The van der Waals surface area contributed by atoms with Crippen molar-refractivity contribution in [2.24, 2.45) is 0 Å². The molecule has 0 fully saturated rings. The van der Waals surface area contributed by atoms with E-state index in [2.05, 4.69) is 5.10 Å². The minimum absolute atomic E-state index is 0.165. The van der Waals surface area contributed by atoms with Gasteiger partial charge in [0.25, 0.3) is 0 Å². The minimum Gasteiger partial charge on any atom is -0.270 e. The minimum atomic E-state index is -3.08. The van der Waals surface area contributed by atoms with E-state index in [1.54, 1.807) is 14.1 Å².